The monoisotopic (exact) mass is 472 g/mol. The average molecular weight is 473 g/mol. The van der Waals surface area contributed by atoms with Crippen LogP contribution in [0.4, 0.5) is 0 Å². The maximum Gasteiger partial charge on any atom is 0.238 e. The molecule has 0 aliphatic heterocycles. The van der Waals surface area contributed by atoms with Crippen molar-refractivity contribution in [3.05, 3.63) is 76.4 Å². The van der Waals surface area contributed by atoms with Gasteiger partial charge in [-0.05, 0) is 41.8 Å². The van der Waals surface area contributed by atoms with E-state index in [4.69, 9.17) is 33.1 Å². The summed E-state index contributed by atoms with van der Waals surface area (Å²) in [6.45, 7) is 1.90. The van der Waals surface area contributed by atoms with Gasteiger partial charge in [0.2, 0.25) is 10.0 Å². The first-order valence-corrected chi connectivity index (χ1v) is 11.6. The van der Waals surface area contributed by atoms with Crippen molar-refractivity contribution in [2.75, 3.05) is 7.11 Å². The molecule has 4 aromatic rings. The van der Waals surface area contributed by atoms with E-state index in [1.165, 1.54) is 12.1 Å². The number of pyridine rings is 1. The first-order valence-electron chi connectivity index (χ1n) is 9.26. The molecule has 0 spiro atoms. The molecule has 4 rings (SSSR count). The Balaban J connectivity index is 1.75. The predicted molar refractivity (Wildman–Crippen MR) is 125 cm³/mol. The number of hydrogen-bond acceptors (Lipinski definition) is 4. The lowest BCUT2D eigenvalue weighted by Crippen LogP contribution is -2.11. The Labute approximate surface area is 190 Å². The zero-order valence-corrected chi connectivity index (χ0v) is 19.0. The highest BCUT2D eigenvalue weighted by molar-refractivity contribution is 7.89. The van der Waals surface area contributed by atoms with Crippen LogP contribution >= 0.6 is 23.2 Å². The zero-order valence-electron chi connectivity index (χ0n) is 16.7. The van der Waals surface area contributed by atoms with Gasteiger partial charge in [-0.1, -0.05) is 59.6 Å². The molecule has 0 radical (unpaired) electrons. The first-order chi connectivity index (χ1) is 14.7. The maximum atomic E-state index is 11.4. The number of primary sulfonamides is 1. The Morgan fingerprint density at radius 2 is 1.45 bits per heavy atom. The van der Waals surface area contributed by atoms with Gasteiger partial charge in [0.25, 0.3) is 0 Å². The zero-order chi connectivity index (χ0) is 22.3. The number of ether oxygens (including phenoxy) is 1. The quantitative estimate of drug-likeness (QED) is 0.404. The highest BCUT2D eigenvalue weighted by atomic mass is 35.5. The summed E-state index contributed by atoms with van der Waals surface area (Å²) in [7, 11) is -2.16. The minimum absolute atomic E-state index is 0.0767. The molecule has 3 aromatic carbocycles. The molecular weight excluding hydrogens is 455 g/mol. The lowest BCUT2D eigenvalue weighted by atomic mass is 9.98. The molecule has 5 nitrogen and oxygen atoms in total. The van der Waals surface area contributed by atoms with Gasteiger partial charge in [-0.3, -0.25) is 4.98 Å². The van der Waals surface area contributed by atoms with E-state index in [1.54, 1.807) is 31.4 Å². The highest BCUT2D eigenvalue weighted by Gasteiger charge is 2.16. The molecule has 0 aliphatic carbocycles. The number of halogens is 2. The number of nitrogens with zero attached hydrogens (tertiary/aromatic N) is 1. The summed E-state index contributed by atoms with van der Waals surface area (Å²) < 4.78 is 28.2. The highest BCUT2D eigenvalue weighted by Crippen LogP contribution is 2.39. The van der Waals surface area contributed by atoms with Gasteiger partial charge in [0, 0.05) is 22.7 Å². The summed E-state index contributed by atoms with van der Waals surface area (Å²) in [5.41, 5.74) is 5.03. The van der Waals surface area contributed by atoms with E-state index in [-0.39, 0.29) is 4.90 Å². The smallest absolute Gasteiger partial charge is 0.238 e. The topological polar surface area (TPSA) is 82.3 Å². The van der Waals surface area contributed by atoms with Crippen LogP contribution in [-0.2, 0) is 10.0 Å². The summed E-state index contributed by atoms with van der Waals surface area (Å²) in [6.07, 6.45) is 0. The number of rotatable bonds is 4. The standard InChI is InChI=1S/C23H18Cl2N2O3S/c1-13-22(23(25)18-11-19(24)21(30-2)12-20(18)27-13)16-5-3-14(4-6-16)15-7-9-17(10-8-15)31(26,28)29/h3-12H,1-2H3,(H2,26,28,29). The van der Waals surface area contributed by atoms with Crippen LogP contribution in [0.25, 0.3) is 33.2 Å². The third-order valence-electron chi connectivity index (χ3n) is 5.07. The van der Waals surface area contributed by atoms with E-state index < -0.39 is 10.0 Å². The van der Waals surface area contributed by atoms with Gasteiger partial charge < -0.3 is 4.74 Å². The van der Waals surface area contributed by atoms with Crippen LogP contribution < -0.4 is 9.88 Å². The van der Waals surface area contributed by atoms with Crippen LogP contribution in [0.5, 0.6) is 5.75 Å². The number of benzene rings is 3. The van der Waals surface area contributed by atoms with Gasteiger partial charge in [-0.2, -0.15) is 0 Å². The lowest BCUT2D eigenvalue weighted by molar-refractivity contribution is 0.415. The molecule has 8 heteroatoms. The van der Waals surface area contributed by atoms with E-state index >= 15 is 0 Å². The summed E-state index contributed by atoms with van der Waals surface area (Å²) in [5, 5.41) is 6.94. The Hall–Kier alpha value is -2.64. The lowest BCUT2D eigenvalue weighted by Gasteiger charge is -2.13. The summed E-state index contributed by atoms with van der Waals surface area (Å²) in [6, 6.07) is 17.8. The van der Waals surface area contributed by atoms with Crippen LogP contribution in [0, 0.1) is 6.92 Å². The molecule has 1 aromatic heterocycles. The summed E-state index contributed by atoms with van der Waals surface area (Å²) in [4.78, 5) is 4.76. The van der Waals surface area contributed by atoms with E-state index in [0.717, 1.165) is 33.3 Å². The van der Waals surface area contributed by atoms with Crippen molar-refractivity contribution in [3.63, 3.8) is 0 Å². The fourth-order valence-corrected chi connectivity index (χ4v) is 4.65. The van der Waals surface area contributed by atoms with Gasteiger partial charge in [0.1, 0.15) is 5.75 Å². The van der Waals surface area contributed by atoms with Gasteiger partial charge >= 0.3 is 0 Å². The van der Waals surface area contributed by atoms with Crippen molar-refractivity contribution in [3.8, 4) is 28.0 Å². The van der Waals surface area contributed by atoms with E-state index in [1.807, 2.05) is 31.2 Å². The first kappa shape index (κ1) is 21.6. The second-order valence-corrected chi connectivity index (χ2v) is 9.38. The second kappa shape index (κ2) is 8.13. The fourth-order valence-electron chi connectivity index (χ4n) is 3.50. The average Bonchev–Trinajstić information content (AvgIpc) is 2.74. The Bertz CT molecular complexity index is 1400. The van der Waals surface area contributed by atoms with Crippen molar-refractivity contribution >= 4 is 44.1 Å². The number of fused-ring (bicyclic) bond motifs is 1. The molecule has 2 N–H and O–H groups in total. The maximum absolute atomic E-state index is 11.4. The van der Waals surface area contributed by atoms with Crippen molar-refractivity contribution < 1.29 is 13.2 Å². The van der Waals surface area contributed by atoms with E-state index in [0.29, 0.717) is 21.3 Å². The second-order valence-electron chi connectivity index (χ2n) is 7.04. The largest absolute Gasteiger partial charge is 0.495 e. The minimum Gasteiger partial charge on any atom is -0.495 e. The number of aryl methyl sites for hydroxylation is 1. The van der Waals surface area contributed by atoms with E-state index in [2.05, 4.69) is 4.98 Å². The van der Waals surface area contributed by atoms with Gasteiger partial charge in [-0.15, -0.1) is 0 Å². The van der Waals surface area contributed by atoms with Crippen LogP contribution in [0.15, 0.2) is 65.6 Å². The van der Waals surface area contributed by atoms with Gasteiger partial charge in [0.05, 0.1) is 27.6 Å². The molecule has 0 saturated carbocycles. The molecule has 31 heavy (non-hydrogen) atoms. The molecule has 0 saturated heterocycles. The van der Waals surface area contributed by atoms with Crippen molar-refractivity contribution in [1.82, 2.24) is 4.98 Å². The SMILES string of the molecule is COc1cc2nc(C)c(-c3ccc(-c4ccc(S(N)(=O)=O)cc4)cc3)c(Cl)c2cc1Cl. The van der Waals surface area contributed by atoms with Crippen LogP contribution in [-0.4, -0.2) is 20.5 Å². The molecule has 0 fully saturated rings. The Morgan fingerprint density at radius 1 is 0.903 bits per heavy atom. The fraction of sp³-hybridized carbons (Fsp3) is 0.0870. The molecular formula is C23H18Cl2N2O3S. The molecule has 0 aliphatic rings. The number of aromatic nitrogens is 1. The molecule has 1 heterocycles. The third-order valence-corrected chi connectivity index (χ3v) is 6.68. The van der Waals surface area contributed by atoms with E-state index in [9.17, 15) is 8.42 Å². The van der Waals surface area contributed by atoms with Gasteiger partial charge in [-0.25, -0.2) is 13.6 Å². The van der Waals surface area contributed by atoms with Crippen LogP contribution in [0.2, 0.25) is 10.0 Å². The molecule has 158 valence electrons. The van der Waals surface area contributed by atoms with Crippen LogP contribution in [0.1, 0.15) is 5.69 Å². The number of methoxy groups -OCH3 is 1. The van der Waals surface area contributed by atoms with Gasteiger partial charge in [0.15, 0.2) is 0 Å². The van der Waals surface area contributed by atoms with Crippen molar-refractivity contribution in [2.45, 2.75) is 11.8 Å². The summed E-state index contributed by atoms with van der Waals surface area (Å²) >= 11 is 13.0. The molecule has 0 atom stereocenters. The number of hydrogen-bond donors (Lipinski definition) is 1. The summed E-state index contributed by atoms with van der Waals surface area (Å²) in [5.74, 6) is 0.544. The predicted octanol–water partition coefficient (Wildman–Crippen LogP) is 5.84. The minimum atomic E-state index is -3.72. The third kappa shape index (κ3) is 4.12. The van der Waals surface area contributed by atoms with Crippen molar-refractivity contribution in [2.24, 2.45) is 5.14 Å². The Morgan fingerprint density at radius 3 is 2.00 bits per heavy atom. The molecule has 0 amide bonds. The molecule has 0 unspecified atom stereocenters. The van der Waals surface area contributed by atoms with Crippen LogP contribution in [0.3, 0.4) is 0 Å². The number of nitrogens with two attached hydrogens (primary N) is 1. The van der Waals surface area contributed by atoms with Crippen molar-refractivity contribution in [1.29, 1.82) is 0 Å². The normalized spacial score (nSPS) is 11.6. The molecule has 0 bridgehead atoms. The number of sulfonamides is 1. The Kier molecular flexibility index (Phi) is 5.66.